The minimum atomic E-state index is 0.228. The zero-order valence-electron chi connectivity index (χ0n) is 11.1. The maximum atomic E-state index is 12.6. The van der Waals surface area contributed by atoms with Gasteiger partial charge < -0.3 is 4.90 Å². The molecule has 0 spiro atoms. The van der Waals surface area contributed by atoms with E-state index in [0.29, 0.717) is 0 Å². The molecule has 0 aliphatic carbocycles. The summed E-state index contributed by atoms with van der Waals surface area (Å²) < 4.78 is 0. The average molecular weight is 273 g/mol. The van der Waals surface area contributed by atoms with Crippen molar-refractivity contribution in [2.75, 3.05) is 18.8 Å². The number of hydrogen-bond acceptors (Lipinski definition) is 3. The van der Waals surface area contributed by atoms with Gasteiger partial charge >= 0.3 is 0 Å². The van der Waals surface area contributed by atoms with Crippen molar-refractivity contribution in [3.05, 3.63) is 41.6 Å². The zero-order chi connectivity index (χ0) is 13.1. The summed E-state index contributed by atoms with van der Waals surface area (Å²) in [5.74, 6) is 1.23. The van der Waals surface area contributed by atoms with Crippen LogP contribution in [0.3, 0.4) is 0 Å². The van der Waals surface area contributed by atoms with Crippen molar-refractivity contribution in [2.24, 2.45) is 0 Å². The molecule has 0 aromatic heterocycles. The standard InChI is InChI=1S/C16H19NOS/c18-16-13(12-17-9-4-1-5-10-17)8-11-19-15-7-3-2-6-14(15)16/h2-3,6-7,12H,1,4-5,8-11H2/b13-12+. The van der Waals surface area contributed by atoms with E-state index in [2.05, 4.69) is 17.2 Å². The number of hydrogen-bond donors (Lipinski definition) is 0. The number of Topliss-reactive ketones (excluding diaryl/α,β-unsaturated/α-hetero) is 1. The smallest absolute Gasteiger partial charge is 0.191 e. The third-order valence-electron chi connectivity index (χ3n) is 3.78. The largest absolute Gasteiger partial charge is 0.377 e. The Hall–Kier alpha value is -1.22. The fourth-order valence-electron chi connectivity index (χ4n) is 2.73. The Labute approximate surface area is 118 Å². The lowest BCUT2D eigenvalue weighted by Crippen LogP contribution is -2.25. The summed E-state index contributed by atoms with van der Waals surface area (Å²) in [4.78, 5) is 16.1. The predicted octanol–water partition coefficient (Wildman–Crippen LogP) is 3.73. The molecule has 0 unspecified atom stereocenters. The lowest BCUT2D eigenvalue weighted by molar-refractivity contribution is 0.102. The molecule has 100 valence electrons. The van der Waals surface area contributed by atoms with E-state index in [-0.39, 0.29) is 5.78 Å². The minimum Gasteiger partial charge on any atom is -0.377 e. The summed E-state index contributed by atoms with van der Waals surface area (Å²) in [7, 11) is 0. The first kappa shape index (κ1) is 12.8. The highest BCUT2D eigenvalue weighted by molar-refractivity contribution is 7.99. The molecule has 2 aliphatic rings. The second-order valence-corrected chi connectivity index (χ2v) is 6.31. The fraction of sp³-hybridized carbons (Fsp3) is 0.438. The van der Waals surface area contributed by atoms with Crippen molar-refractivity contribution >= 4 is 17.5 Å². The molecular formula is C16H19NOS. The molecule has 19 heavy (non-hydrogen) atoms. The SMILES string of the molecule is O=C1/C(=C/N2CCCCC2)CCSc2ccccc21. The molecule has 0 N–H and O–H groups in total. The Kier molecular flexibility index (Phi) is 3.92. The van der Waals surface area contributed by atoms with Gasteiger partial charge in [0.05, 0.1) is 0 Å². The van der Waals surface area contributed by atoms with Crippen LogP contribution in [0.5, 0.6) is 0 Å². The number of carbonyl (C=O) groups excluding carboxylic acids is 1. The molecule has 3 heteroatoms. The maximum Gasteiger partial charge on any atom is 0.191 e. The number of nitrogens with zero attached hydrogens (tertiary/aromatic N) is 1. The quantitative estimate of drug-likeness (QED) is 0.727. The van der Waals surface area contributed by atoms with Crippen LogP contribution in [0, 0.1) is 0 Å². The molecule has 1 aromatic rings. The molecule has 0 bridgehead atoms. The Balaban J connectivity index is 1.86. The predicted molar refractivity (Wildman–Crippen MR) is 79.6 cm³/mol. The Morgan fingerprint density at radius 2 is 1.89 bits per heavy atom. The van der Waals surface area contributed by atoms with Gasteiger partial charge in [0.25, 0.3) is 0 Å². The molecular weight excluding hydrogens is 254 g/mol. The van der Waals surface area contributed by atoms with E-state index in [1.807, 2.05) is 18.2 Å². The number of carbonyl (C=O) groups is 1. The van der Waals surface area contributed by atoms with Crippen LogP contribution in [0.25, 0.3) is 0 Å². The normalized spacial score (nSPS) is 22.2. The second-order valence-electron chi connectivity index (χ2n) is 5.17. The minimum absolute atomic E-state index is 0.228. The van der Waals surface area contributed by atoms with Crippen LogP contribution < -0.4 is 0 Å². The third kappa shape index (κ3) is 2.86. The van der Waals surface area contributed by atoms with Crippen LogP contribution in [0.15, 0.2) is 40.9 Å². The summed E-state index contributed by atoms with van der Waals surface area (Å²) >= 11 is 1.80. The van der Waals surface area contributed by atoms with Gasteiger partial charge in [-0.15, -0.1) is 11.8 Å². The summed E-state index contributed by atoms with van der Waals surface area (Å²) in [6.45, 7) is 2.21. The number of rotatable bonds is 1. The fourth-order valence-corrected chi connectivity index (χ4v) is 3.76. The van der Waals surface area contributed by atoms with Crippen LogP contribution in [-0.4, -0.2) is 29.5 Å². The van der Waals surface area contributed by atoms with Crippen molar-refractivity contribution in [3.8, 4) is 0 Å². The number of allylic oxidation sites excluding steroid dienone is 1. The lowest BCUT2D eigenvalue weighted by atomic mass is 10.0. The third-order valence-corrected chi connectivity index (χ3v) is 4.86. The van der Waals surface area contributed by atoms with Gasteiger partial charge in [0.15, 0.2) is 5.78 Å². The van der Waals surface area contributed by atoms with Gasteiger partial charge in [0, 0.05) is 41.1 Å². The molecule has 0 atom stereocenters. The van der Waals surface area contributed by atoms with Crippen molar-refractivity contribution in [2.45, 2.75) is 30.6 Å². The van der Waals surface area contributed by atoms with Gasteiger partial charge in [0.2, 0.25) is 0 Å². The van der Waals surface area contributed by atoms with Crippen molar-refractivity contribution in [3.63, 3.8) is 0 Å². The number of piperidine rings is 1. The van der Waals surface area contributed by atoms with E-state index >= 15 is 0 Å². The Morgan fingerprint density at radius 3 is 2.74 bits per heavy atom. The summed E-state index contributed by atoms with van der Waals surface area (Å²) in [5.41, 5.74) is 1.87. The number of ketones is 1. The topological polar surface area (TPSA) is 20.3 Å². The molecule has 0 amide bonds. The highest BCUT2D eigenvalue weighted by atomic mass is 32.2. The van der Waals surface area contributed by atoms with Gasteiger partial charge in [-0.1, -0.05) is 12.1 Å². The first-order valence-corrected chi connectivity index (χ1v) is 8.04. The van der Waals surface area contributed by atoms with Gasteiger partial charge in [-0.2, -0.15) is 0 Å². The zero-order valence-corrected chi connectivity index (χ0v) is 11.9. The molecule has 2 aliphatic heterocycles. The first-order valence-electron chi connectivity index (χ1n) is 7.06. The van der Waals surface area contributed by atoms with Crippen LogP contribution in [0.2, 0.25) is 0 Å². The Bertz CT molecular complexity index is 503. The van der Waals surface area contributed by atoms with Gasteiger partial charge in [0.1, 0.15) is 0 Å². The van der Waals surface area contributed by atoms with E-state index < -0.39 is 0 Å². The van der Waals surface area contributed by atoms with Crippen LogP contribution in [0.4, 0.5) is 0 Å². The summed E-state index contributed by atoms with van der Waals surface area (Å²) in [6.07, 6.45) is 6.84. The van der Waals surface area contributed by atoms with Gasteiger partial charge in [-0.05, 0) is 37.8 Å². The van der Waals surface area contributed by atoms with E-state index in [4.69, 9.17) is 0 Å². The summed E-state index contributed by atoms with van der Waals surface area (Å²) in [6, 6.07) is 7.99. The molecule has 1 saturated heterocycles. The number of likely N-dealkylation sites (tertiary alicyclic amines) is 1. The monoisotopic (exact) mass is 273 g/mol. The van der Waals surface area contributed by atoms with Crippen molar-refractivity contribution in [1.29, 1.82) is 0 Å². The number of fused-ring (bicyclic) bond motifs is 1. The highest BCUT2D eigenvalue weighted by Crippen LogP contribution is 2.31. The van der Waals surface area contributed by atoms with Gasteiger partial charge in [-0.3, -0.25) is 4.79 Å². The molecule has 2 heterocycles. The van der Waals surface area contributed by atoms with Crippen LogP contribution in [-0.2, 0) is 0 Å². The average Bonchev–Trinajstić information content (AvgIpc) is 2.61. The van der Waals surface area contributed by atoms with E-state index in [0.717, 1.165) is 41.3 Å². The summed E-state index contributed by atoms with van der Waals surface area (Å²) in [5, 5.41) is 0. The first-order chi connectivity index (χ1) is 9.34. The molecule has 3 rings (SSSR count). The van der Waals surface area contributed by atoms with E-state index in [9.17, 15) is 4.79 Å². The van der Waals surface area contributed by atoms with Crippen LogP contribution >= 0.6 is 11.8 Å². The van der Waals surface area contributed by atoms with Gasteiger partial charge in [-0.25, -0.2) is 0 Å². The molecule has 1 fully saturated rings. The maximum absolute atomic E-state index is 12.6. The van der Waals surface area contributed by atoms with Crippen LogP contribution in [0.1, 0.15) is 36.0 Å². The lowest BCUT2D eigenvalue weighted by Gasteiger charge is -2.26. The molecule has 0 radical (unpaired) electrons. The van der Waals surface area contributed by atoms with E-state index in [1.165, 1.54) is 19.3 Å². The van der Waals surface area contributed by atoms with Crippen molar-refractivity contribution < 1.29 is 4.79 Å². The number of thioether (sulfide) groups is 1. The highest BCUT2D eigenvalue weighted by Gasteiger charge is 2.21. The molecule has 0 saturated carbocycles. The molecule has 2 nitrogen and oxygen atoms in total. The number of benzene rings is 1. The van der Waals surface area contributed by atoms with Crippen molar-refractivity contribution in [1.82, 2.24) is 4.90 Å². The molecule has 1 aromatic carbocycles. The van der Waals surface area contributed by atoms with E-state index in [1.54, 1.807) is 11.8 Å². The second kappa shape index (κ2) is 5.83. The Morgan fingerprint density at radius 1 is 1.11 bits per heavy atom.